The Balaban J connectivity index is 1.89. The molecule has 2 rings (SSSR count). The average molecular weight is 585 g/mol. The minimum Gasteiger partial charge on any atom is -0.393 e. The highest BCUT2D eigenvalue weighted by atomic mass is 16.3. The summed E-state index contributed by atoms with van der Waals surface area (Å²) >= 11 is 0. The Labute approximate surface area is 262 Å². The molecular formula is C40H56O3. The molecule has 3 nitrogen and oxygen atoms in total. The van der Waals surface area contributed by atoms with Gasteiger partial charge < -0.3 is 10.2 Å². The molecule has 0 saturated heterocycles. The lowest BCUT2D eigenvalue weighted by Gasteiger charge is -2.35. The minimum atomic E-state index is -0.532. The zero-order valence-corrected chi connectivity index (χ0v) is 28.4. The summed E-state index contributed by atoms with van der Waals surface area (Å²) in [6.07, 6.45) is 30.6. The van der Waals surface area contributed by atoms with Crippen molar-refractivity contribution in [2.24, 2.45) is 16.2 Å². The Morgan fingerprint density at radius 1 is 0.651 bits per heavy atom. The number of allylic oxidation sites excluding steroid dienone is 19. The maximum absolute atomic E-state index is 12.9. The molecule has 0 aromatic heterocycles. The molecule has 1 saturated carbocycles. The van der Waals surface area contributed by atoms with Crippen LogP contribution in [0.15, 0.2) is 119 Å². The lowest BCUT2D eigenvalue weighted by molar-refractivity contribution is -0.127. The first-order valence-corrected chi connectivity index (χ1v) is 15.7. The predicted octanol–water partition coefficient (Wildman–Crippen LogP) is 9.81. The minimum absolute atomic E-state index is 0.00528. The van der Waals surface area contributed by atoms with Gasteiger partial charge in [0.25, 0.3) is 0 Å². The number of ketones is 1. The van der Waals surface area contributed by atoms with Crippen molar-refractivity contribution in [3.8, 4) is 0 Å². The lowest BCUT2D eigenvalue weighted by atomic mass is 9.66. The number of rotatable bonds is 11. The Hall–Kier alpha value is -3.01. The molecule has 0 bridgehead atoms. The van der Waals surface area contributed by atoms with Gasteiger partial charge in [-0.25, -0.2) is 0 Å². The first kappa shape index (κ1) is 36.2. The van der Waals surface area contributed by atoms with Crippen molar-refractivity contribution in [1.82, 2.24) is 0 Å². The molecule has 0 aromatic rings. The molecule has 2 N–H and O–H groups in total. The molecule has 0 heterocycles. The van der Waals surface area contributed by atoms with E-state index in [2.05, 4.69) is 97.9 Å². The maximum atomic E-state index is 12.9. The molecular weight excluding hydrogens is 528 g/mol. The molecule has 3 atom stereocenters. The van der Waals surface area contributed by atoms with Crippen molar-refractivity contribution in [3.05, 3.63) is 119 Å². The second-order valence-electron chi connectivity index (χ2n) is 14.2. The molecule has 0 spiro atoms. The molecule has 0 radical (unpaired) electrons. The van der Waals surface area contributed by atoms with Crippen molar-refractivity contribution in [3.63, 3.8) is 0 Å². The zero-order chi connectivity index (χ0) is 32.4. The highest BCUT2D eigenvalue weighted by Gasteiger charge is 2.52. The van der Waals surface area contributed by atoms with Crippen LogP contribution in [0.2, 0.25) is 0 Å². The summed E-state index contributed by atoms with van der Waals surface area (Å²) in [7, 11) is 0. The van der Waals surface area contributed by atoms with Crippen LogP contribution in [0.1, 0.15) is 94.9 Å². The van der Waals surface area contributed by atoms with Gasteiger partial charge in [0.15, 0.2) is 5.78 Å². The van der Waals surface area contributed by atoms with Crippen molar-refractivity contribution in [2.75, 3.05) is 0 Å². The highest BCUT2D eigenvalue weighted by molar-refractivity contribution is 5.95. The van der Waals surface area contributed by atoms with E-state index in [-0.39, 0.29) is 22.7 Å². The van der Waals surface area contributed by atoms with E-state index in [9.17, 15) is 15.0 Å². The van der Waals surface area contributed by atoms with Crippen LogP contribution in [0.5, 0.6) is 0 Å². The predicted molar refractivity (Wildman–Crippen MR) is 185 cm³/mol. The van der Waals surface area contributed by atoms with Gasteiger partial charge in [-0.1, -0.05) is 141 Å². The molecule has 3 heteroatoms. The fourth-order valence-corrected chi connectivity index (χ4v) is 6.19. The van der Waals surface area contributed by atoms with Crippen LogP contribution < -0.4 is 0 Å². The maximum Gasteiger partial charge on any atom is 0.162 e. The highest BCUT2D eigenvalue weighted by Crippen LogP contribution is 2.53. The Morgan fingerprint density at radius 3 is 1.63 bits per heavy atom. The largest absolute Gasteiger partial charge is 0.393 e. The number of aliphatic hydroxyl groups excluding tert-OH is 2. The van der Waals surface area contributed by atoms with E-state index in [4.69, 9.17) is 0 Å². The van der Waals surface area contributed by atoms with Gasteiger partial charge >= 0.3 is 0 Å². The molecule has 0 amide bonds. The fraction of sp³-hybridized carbons (Fsp3) is 0.475. The summed E-state index contributed by atoms with van der Waals surface area (Å²) in [6.45, 7) is 20.9. The summed E-state index contributed by atoms with van der Waals surface area (Å²) in [5.74, 6) is 0.0853. The first-order valence-electron chi connectivity index (χ1n) is 15.7. The van der Waals surface area contributed by atoms with Gasteiger partial charge in [0.1, 0.15) is 0 Å². The summed E-state index contributed by atoms with van der Waals surface area (Å²) in [5, 5.41) is 20.2. The monoisotopic (exact) mass is 584 g/mol. The second-order valence-corrected chi connectivity index (χ2v) is 14.2. The third kappa shape index (κ3) is 10.9. The SMILES string of the molecule is CC1=C(/C=C/C(C)=C/C=C/C(C)=C/C=C/C=C(C)/C=C/C=C(C)/C=C/C(=O)[C@]2(C)C[C@H](O)CC2(C)C)C(C)(C)C[C@H](O)C1. The van der Waals surface area contributed by atoms with E-state index in [1.165, 1.54) is 16.7 Å². The molecule has 1 fully saturated rings. The van der Waals surface area contributed by atoms with E-state index in [0.717, 1.165) is 29.6 Å². The molecule has 0 aliphatic heterocycles. The van der Waals surface area contributed by atoms with Crippen LogP contribution in [-0.2, 0) is 4.79 Å². The molecule has 43 heavy (non-hydrogen) atoms. The Kier molecular flexibility index (Phi) is 13.2. The van der Waals surface area contributed by atoms with Gasteiger partial charge in [-0.05, 0) is 82.8 Å². The second kappa shape index (κ2) is 15.6. The average Bonchev–Trinajstić information content (AvgIpc) is 3.10. The van der Waals surface area contributed by atoms with E-state index < -0.39 is 11.5 Å². The number of carbonyl (C=O) groups excluding carboxylic acids is 1. The fourth-order valence-electron chi connectivity index (χ4n) is 6.19. The van der Waals surface area contributed by atoms with E-state index in [1.807, 2.05) is 50.3 Å². The van der Waals surface area contributed by atoms with Gasteiger partial charge in [-0.3, -0.25) is 4.79 Å². The van der Waals surface area contributed by atoms with E-state index >= 15 is 0 Å². The number of hydrogen-bond acceptors (Lipinski definition) is 3. The quantitative estimate of drug-likeness (QED) is 0.188. The van der Waals surface area contributed by atoms with Gasteiger partial charge in [0, 0.05) is 5.41 Å². The van der Waals surface area contributed by atoms with Crippen molar-refractivity contribution >= 4 is 5.78 Å². The molecule has 0 aromatic carbocycles. The van der Waals surface area contributed by atoms with Crippen molar-refractivity contribution in [2.45, 2.75) is 107 Å². The van der Waals surface area contributed by atoms with Gasteiger partial charge in [0.2, 0.25) is 0 Å². The summed E-state index contributed by atoms with van der Waals surface area (Å²) in [6, 6.07) is 0. The smallest absolute Gasteiger partial charge is 0.162 e. The normalized spacial score (nSPS) is 27.7. The van der Waals surface area contributed by atoms with Gasteiger partial charge in [-0.15, -0.1) is 0 Å². The topological polar surface area (TPSA) is 57.5 Å². The van der Waals surface area contributed by atoms with Crippen LogP contribution >= 0.6 is 0 Å². The van der Waals surface area contributed by atoms with Crippen LogP contribution in [0.3, 0.4) is 0 Å². The standard InChI is InChI=1S/C40H56O3/c1-29(17-13-19-31(3)21-23-36-33(5)25-34(41)26-38(36,6)7)15-11-12-16-30(2)18-14-20-32(4)22-24-37(43)40(10)28-35(42)27-39(40,8)9/h11-24,34-35,41-42H,25-28H2,1-10H3/b12-11+,17-13+,18-14+,23-21+,24-22+,29-15+,30-16+,31-19+,32-20+/t34-,35-,40+/m1/s1. The lowest BCUT2D eigenvalue weighted by Crippen LogP contribution is -2.36. The van der Waals surface area contributed by atoms with Gasteiger partial charge in [-0.2, -0.15) is 0 Å². The number of aliphatic hydroxyl groups is 2. The van der Waals surface area contributed by atoms with E-state index in [1.54, 1.807) is 6.08 Å². The van der Waals surface area contributed by atoms with Crippen molar-refractivity contribution < 1.29 is 15.0 Å². The third-order valence-corrected chi connectivity index (χ3v) is 9.18. The van der Waals surface area contributed by atoms with Crippen LogP contribution in [0.4, 0.5) is 0 Å². The molecule has 0 unspecified atom stereocenters. The van der Waals surface area contributed by atoms with Gasteiger partial charge in [0.05, 0.1) is 12.2 Å². The first-order chi connectivity index (χ1) is 20.0. The van der Waals surface area contributed by atoms with E-state index in [0.29, 0.717) is 12.8 Å². The molecule has 2 aliphatic carbocycles. The van der Waals surface area contributed by atoms with Crippen molar-refractivity contribution in [1.29, 1.82) is 0 Å². The molecule has 2 aliphatic rings. The zero-order valence-electron chi connectivity index (χ0n) is 28.4. The summed E-state index contributed by atoms with van der Waals surface area (Å²) in [4.78, 5) is 12.9. The Morgan fingerprint density at radius 2 is 1.14 bits per heavy atom. The van der Waals surface area contributed by atoms with Crippen LogP contribution in [0.25, 0.3) is 0 Å². The van der Waals surface area contributed by atoms with Crippen LogP contribution in [0, 0.1) is 16.2 Å². The third-order valence-electron chi connectivity index (χ3n) is 9.18. The number of carbonyl (C=O) groups is 1. The van der Waals surface area contributed by atoms with Crippen LogP contribution in [-0.4, -0.2) is 28.2 Å². The molecule has 234 valence electrons. The summed E-state index contributed by atoms with van der Waals surface area (Å²) < 4.78 is 0. The Bertz CT molecular complexity index is 1310. The summed E-state index contributed by atoms with van der Waals surface area (Å²) in [5.41, 5.74) is 6.34. The number of hydrogen-bond donors (Lipinski definition) is 2.